The minimum Gasteiger partial charge on any atom is -0.506 e. The summed E-state index contributed by atoms with van der Waals surface area (Å²) in [7, 11) is 0. The van der Waals surface area contributed by atoms with Crippen LogP contribution in [-0.4, -0.2) is 16.3 Å². The summed E-state index contributed by atoms with van der Waals surface area (Å²) in [6.45, 7) is 0. The van der Waals surface area contributed by atoms with Gasteiger partial charge in [-0.3, -0.25) is 4.99 Å². The Bertz CT molecular complexity index is 1190. The van der Waals surface area contributed by atoms with E-state index in [0.717, 1.165) is 5.56 Å². The normalized spacial score (nSPS) is 11.5. The van der Waals surface area contributed by atoms with Crippen molar-refractivity contribution in [2.24, 2.45) is 4.99 Å². The number of nitrogens with zero attached hydrogens (tertiary/aromatic N) is 2. The number of fused-ring (bicyclic) bond motifs is 1. The fraction of sp³-hybridized carbons (Fsp3) is 0. The van der Waals surface area contributed by atoms with Crippen LogP contribution >= 0.6 is 34.8 Å². The van der Waals surface area contributed by atoms with E-state index in [1.165, 1.54) is 12.3 Å². The van der Waals surface area contributed by atoms with E-state index in [0.29, 0.717) is 38.3 Å². The quantitative estimate of drug-likeness (QED) is 0.368. The Kier molecular flexibility index (Phi) is 4.79. The molecule has 0 aliphatic carbocycles. The van der Waals surface area contributed by atoms with Crippen molar-refractivity contribution in [1.82, 2.24) is 4.98 Å². The first-order valence-corrected chi connectivity index (χ1v) is 9.01. The molecule has 4 nitrogen and oxygen atoms in total. The van der Waals surface area contributed by atoms with E-state index in [1.807, 2.05) is 24.3 Å². The van der Waals surface area contributed by atoms with E-state index in [1.54, 1.807) is 24.3 Å². The Morgan fingerprint density at radius 1 is 0.963 bits per heavy atom. The predicted octanol–water partition coefficient (Wildman–Crippen LogP) is 6.91. The maximum atomic E-state index is 10.0. The number of hydrogen-bond donors (Lipinski definition) is 1. The van der Waals surface area contributed by atoms with Gasteiger partial charge in [-0.05, 0) is 48.5 Å². The Morgan fingerprint density at radius 2 is 1.81 bits per heavy atom. The van der Waals surface area contributed by atoms with Crippen molar-refractivity contribution in [3.63, 3.8) is 0 Å². The topological polar surface area (TPSA) is 58.6 Å². The molecule has 7 heteroatoms. The van der Waals surface area contributed by atoms with E-state index in [9.17, 15) is 5.11 Å². The zero-order chi connectivity index (χ0) is 19.0. The number of oxazole rings is 1. The molecule has 0 saturated heterocycles. The number of rotatable bonds is 3. The van der Waals surface area contributed by atoms with Crippen molar-refractivity contribution in [3.8, 4) is 17.2 Å². The highest BCUT2D eigenvalue weighted by molar-refractivity contribution is 6.36. The van der Waals surface area contributed by atoms with E-state index in [2.05, 4.69) is 9.98 Å². The van der Waals surface area contributed by atoms with Crippen LogP contribution in [-0.2, 0) is 0 Å². The number of phenolic OH excluding ortho intramolecular Hbond substituents is 1. The summed E-state index contributed by atoms with van der Waals surface area (Å²) < 4.78 is 5.78. The summed E-state index contributed by atoms with van der Waals surface area (Å²) in [6.07, 6.45) is 1.50. The number of benzene rings is 3. The van der Waals surface area contributed by atoms with Gasteiger partial charge in [0.05, 0.1) is 10.7 Å². The summed E-state index contributed by atoms with van der Waals surface area (Å²) in [4.78, 5) is 8.84. The van der Waals surface area contributed by atoms with Gasteiger partial charge in [0.25, 0.3) is 0 Å². The smallest absolute Gasteiger partial charge is 0.227 e. The first-order valence-electron chi connectivity index (χ1n) is 7.88. The van der Waals surface area contributed by atoms with Crippen LogP contribution < -0.4 is 0 Å². The van der Waals surface area contributed by atoms with Crippen LogP contribution in [0.25, 0.3) is 22.6 Å². The molecule has 0 unspecified atom stereocenters. The van der Waals surface area contributed by atoms with Gasteiger partial charge in [-0.15, -0.1) is 0 Å². The second kappa shape index (κ2) is 7.24. The molecule has 0 aliphatic heterocycles. The van der Waals surface area contributed by atoms with Gasteiger partial charge in [-0.1, -0.05) is 40.9 Å². The van der Waals surface area contributed by atoms with Gasteiger partial charge in [0.2, 0.25) is 5.89 Å². The Hall–Kier alpha value is -2.53. The lowest BCUT2D eigenvalue weighted by Gasteiger charge is -2.02. The highest BCUT2D eigenvalue weighted by Crippen LogP contribution is 2.31. The minimum absolute atomic E-state index is 0.0724. The van der Waals surface area contributed by atoms with E-state index in [4.69, 9.17) is 39.2 Å². The fourth-order valence-corrected chi connectivity index (χ4v) is 3.25. The van der Waals surface area contributed by atoms with Crippen LogP contribution in [0.1, 0.15) is 5.56 Å². The molecule has 1 aromatic heterocycles. The van der Waals surface area contributed by atoms with Crippen molar-refractivity contribution in [3.05, 3.63) is 75.2 Å². The molecule has 0 fully saturated rings. The third kappa shape index (κ3) is 3.78. The maximum absolute atomic E-state index is 10.0. The summed E-state index contributed by atoms with van der Waals surface area (Å²) in [5, 5.41) is 11.2. The average Bonchev–Trinajstić information content (AvgIpc) is 3.07. The molecule has 1 heterocycles. The summed E-state index contributed by atoms with van der Waals surface area (Å²) in [6, 6.07) is 15.7. The van der Waals surface area contributed by atoms with Crippen molar-refractivity contribution in [2.75, 3.05) is 0 Å². The van der Waals surface area contributed by atoms with Crippen LogP contribution in [0.5, 0.6) is 5.75 Å². The highest BCUT2D eigenvalue weighted by Gasteiger charge is 2.10. The Morgan fingerprint density at radius 3 is 2.67 bits per heavy atom. The highest BCUT2D eigenvalue weighted by atomic mass is 35.5. The zero-order valence-corrected chi connectivity index (χ0v) is 15.9. The molecule has 4 aromatic rings. The van der Waals surface area contributed by atoms with E-state index in [-0.39, 0.29) is 10.8 Å². The third-order valence-corrected chi connectivity index (χ3v) is 4.59. The second-order valence-corrected chi connectivity index (χ2v) is 7.05. The molecule has 27 heavy (non-hydrogen) atoms. The summed E-state index contributed by atoms with van der Waals surface area (Å²) in [5.41, 5.74) is 3.19. The van der Waals surface area contributed by atoms with Crippen LogP contribution in [0.15, 0.2) is 64.0 Å². The zero-order valence-electron chi connectivity index (χ0n) is 13.7. The first kappa shape index (κ1) is 17.9. The molecular weight excluding hydrogens is 407 g/mol. The molecule has 0 spiro atoms. The average molecular weight is 418 g/mol. The minimum atomic E-state index is -0.0724. The SMILES string of the molecule is Oc1c(Cl)cc(Cl)cc1C=Nc1cccc(-c2nc3cc(Cl)ccc3o2)c1. The van der Waals surface area contributed by atoms with Gasteiger partial charge < -0.3 is 9.52 Å². The number of phenols is 1. The van der Waals surface area contributed by atoms with Gasteiger partial charge in [0.1, 0.15) is 11.3 Å². The van der Waals surface area contributed by atoms with Gasteiger partial charge in [-0.2, -0.15) is 0 Å². The lowest BCUT2D eigenvalue weighted by atomic mass is 10.2. The number of aromatic nitrogens is 1. The van der Waals surface area contributed by atoms with E-state index < -0.39 is 0 Å². The monoisotopic (exact) mass is 416 g/mol. The van der Waals surface area contributed by atoms with Crippen LogP contribution in [0.2, 0.25) is 15.1 Å². The van der Waals surface area contributed by atoms with Crippen molar-refractivity contribution < 1.29 is 9.52 Å². The third-order valence-electron chi connectivity index (χ3n) is 3.85. The van der Waals surface area contributed by atoms with Crippen LogP contribution in [0.3, 0.4) is 0 Å². The predicted molar refractivity (Wildman–Crippen MR) is 110 cm³/mol. The van der Waals surface area contributed by atoms with Gasteiger partial charge in [0, 0.05) is 27.4 Å². The number of halogens is 3. The molecule has 4 rings (SSSR count). The maximum Gasteiger partial charge on any atom is 0.227 e. The molecule has 0 radical (unpaired) electrons. The van der Waals surface area contributed by atoms with Crippen molar-refractivity contribution >= 4 is 57.8 Å². The number of aliphatic imine (C=N–C) groups is 1. The first-order chi connectivity index (χ1) is 13.0. The fourth-order valence-electron chi connectivity index (χ4n) is 2.57. The molecule has 3 aromatic carbocycles. The Labute approximate surface area is 169 Å². The number of hydrogen-bond acceptors (Lipinski definition) is 4. The van der Waals surface area contributed by atoms with Crippen molar-refractivity contribution in [1.29, 1.82) is 0 Å². The largest absolute Gasteiger partial charge is 0.506 e. The molecule has 134 valence electrons. The van der Waals surface area contributed by atoms with Gasteiger partial charge in [-0.25, -0.2) is 4.98 Å². The van der Waals surface area contributed by atoms with Crippen molar-refractivity contribution in [2.45, 2.75) is 0 Å². The lowest BCUT2D eigenvalue weighted by molar-refractivity contribution is 0.475. The summed E-state index contributed by atoms with van der Waals surface area (Å²) >= 11 is 17.9. The standard InChI is InChI=1S/C20H11Cl3N2O2/c21-13-4-5-18-17(9-13)25-20(27-18)11-2-1-3-15(7-11)24-10-12-6-14(22)8-16(23)19(12)26/h1-10,26H. The molecule has 0 bridgehead atoms. The molecular formula is C20H11Cl3N2O2. The molecule has 0 saturated carbocycles. The number of aromatic hydroxyl groups is 1. The Balaban J connectivity index is 1.68. The lowest BCUT2D eigenvalue weighted by Crippen LogP contribution is -1.84. The van der Waals surface area contributed by atoms with Gasteiger partial charge >= 0.3 is 0 Å². The summed E-state index contributed by atoms with van der Waals surface area (Å²) in [5.74, 6) is 0.398. The molecule has 1 N–H and O–H groups in total. The van der Waals surface area contributed by atoms with E-state index >= 15 is 0 Å². The molecule has 0 atom stereocenters. The molecule has 0 amide bonds. The van der Waals surface area contributed by atoms with Crippen LogP contribution in [0, 0.1) is 0 Å². The molecule has 0 aliphatic rings. The second-order valence-electron chi connectivity index (χ2n) is 5.77. The van der Waals surface area contributed by atoms with Crippen LogP contribution in [0.4, 0.5) is 5.69 Å². The van der Waals surface area contributed by atoms with Gasteiger partial charge in [0.15, 0.2) is 5.58 Å².